The molecule has 8 heteroatoms. The van der Waals surface area contributed by atoms with Crippen molar-refractivity contribution in [3.05, 3.63) is 54.3 Å². The van der Waals surface area contributed by atoms with Crippen LogP contribution in [0, 0.1) is 12.8 Å². The Balaban J connectivity index is 1.46. The van der Waals surface area contributed by atoms with Crippen LogP contribution >= 0.6 is 0 Å². The third-order valence-electron chi connectivity index (χ3n) is 5.86. The van der Waals surface area contributed by atoms with Gasteiger partial charge in [-0.1, -0.05) is 6.92 Å². The molecule has 0 aliphatic carbocycles. The maximum absolute atomic E-state index is 13.1. The third kappa shape index (κ3) is 3.95. The highest BCUT2D eigenvalue weighted by molar-refractivity contribution is 6.06. The van der Waals surface area contributed by atoms with Crippen molar-refractivity contribution in [2.24, 2.45) is 13.0 Å². The van der Waals surface area contributed by atoms with E-state index in [0.29, 0.717) is 11.8 Å². The average molecular weight is 431 g/mol. The summed E-state index contributed by atoms with van der Waals surface area (Å²) in [5, 5.41) is 8.62. The van der Waals surface area contributed by atoms with E-state index in [9.17, 15) is 4.79 Å². The summed E-state index contributed by atoms with van der Waals surface area (Å²) in [5.74, 6) is 0.692. The molecule has 1 saturated heterocycles. The molecule has 1 aliphatic rings. The zero-order valence-corrected chi connectivity index (χ0v) is 18.5. The molecule has 32 heavy (non-hydrogen) atoms. The largest absolute Gasteiger partial charge is 0.444 e. The quantitative estimate of drug-likeness (QED) is 0.516. The second kappa shape index (κ2) is 8.11. The lowest BCUT2D eigenvalue weighted by molar-refractivity contribution is 0.102. The zero-order chi connectivity index (χ0) is 22.2. The molecule has 3 aromatic heterocycles. The third-order valence-corrected chi connectivity index (χ3v) is 5.86. The minimum Gasteiger partial charge on any atom is -0.444 e. The van der Waals surface area contributed by atoms with Crippen LogP contribution in [-0.2, 0) is 7.05 Å². The van der Waals surface area contributed by atoms with Crippen LogP contribution in [-0.4, -0.2) is 38.7 Å². The molecule has 4 aromatic rings. The second-order valence-electron chi connectivity index (χ2n) is 8.60. The number of oxazole rings is 1. The van der Waals surface area contributed by atoms with Gasteiger partial charge in [0.25, 0.3) is 5.91 Å². The van der Waals surface area contributed by atoms with Crippen LogP contribution in [0.5, 0.6) is 0 Å². The van der Waals surface area contributed by atoms with Crippen LogP contribution in [0.2, 0.25) is 0 Å². The normalized spacial score (nSPS) is 16.5. The number of carbonyl (C=O) groups excluding carboxylic acids is 1. The highest BCUT2D eigenvalue weighted by atomic mass is 16.3. The fourth-order valence-electron chi connectivity index (χ4n) is 4.33. The van der Waals surface area contributed by atoms with E-state index in [2.05, 4.69) is 38.3 Å². The van der Waals surface area contributed by atoms with E-state index >= 15 is 0 Å². The molecule has 1 N–H and O–H groups in total. The molecule has 1 aromatic carbocycles. The summed E-state index contributed by atoms with van der Waals surface area (Å²) in [5.41, 5.74) is 4.46. The number of nitrogens with zero attached hydrogens (tertiary/aromatic N) is 5. The Morgan fingerprint density at radius 1 is 1.28 bits per heavy atom. The van der Waals surface area contributed by atoms with E-state index < -0.39 is 0 Å². The Kier molecular flexibility index (Phi) is 5.13. The molecule has 5 rings (SSSR count). The summed E-state index contributed by atoms with van der Waals surface area (Å²) in [6, 6.07) is 7.74. The van der Waals surface area contributed by atoms with Gasteiger partial charge >= 0.3 is 0 Å². The number of hydrogen-bond acceptors (Lipinski definition) is 6. The first-order valence-electron chi connectivity index (χ1n) is 10.9. The monoisotopic (exact) mass is 430 g/mol. The topological polar surface area (TPSA) is 89.1 Å². The first-order chi connectivity index (χ1) is 15.5. The van der Waals surface area contributed by atoms with Crippen molar-refractivity contribution in [1.82, 2.24) is 19.7 Å². The van der Waals surface area contributed by atoms with Crippen molar-refractivity contribution in [2.45, 2.75) is 26.7 Å². The van der Waals surface area contributed by atoms with Gasteiger partial charge in [-0.3, -0.25) is 14.5 Å². The Morgan fingerprint density at radius 2 is 2.16 bits per heavy atom. The number of aryl methyl sites for hydroxylation is 2. The fraction of sp³-hybridized carbons (Fsp3) is 0.333. The molecule has 1 aliphatic heterocycles. The van der Waals surface area contributed by atoms with Crippen LogP contribution in [0.15, 0.2) is 47.3 Å². The lowest BCUT2D eigenvalue weighted by Crippen LogP contribution is -2.34. The second-order valence-corrected chi connectivity index (χ2v) is 8.60. The Morgan fingerprint density at radius 3 is 2.97 bits per heavy atom. The number of benzene rings is 1. The number of pyridine rings is 1. The Hall–Kier alpha value is -3.68. The molecule has 1 unspecified atom stereocenters. The molecule has 0 spiro atoms. The first kappa shape index (κ1) is 20.2. The van der Waals surface area contributed by atoms with Gasteiger partial charge in [0.1, 0.15) is 6.26 Å². The van der Waals surface area contributed by atoms with E-state index in [-0.39, 0.29) is 11.6 Å². The number of rotatable bonds is 4. The number of anilines is 2. The molecule has 1 atom stereocenters. The van der Waals surface area contributed by atoms with Gasteiger partial charge < -0.3 is 14.6 Å². The van der Waals surface area contributed by atoms with Gasteiger partial charge in [0, 0.05) is 49.2 Å². The predicted molar refractivity (Wildman–Crippen MR) is 124 cm³/mol. The maximum Gasteiger partial charge on any atom is 0.277 e. The molecule has 4 heterocycles. The number of fused-ring (bicyclic) bond motifs is 1. The van der Waals surface area contributed by atoms with E-state index in [1.54, 1.807) is 10.9 Å². The lowest BCUT2D eigenvalue weighted by atomic mass is 9.99. The summed E-state index contributed by atoms with van der Waals surface area (Å²) in [4.78, 5) is 24.0. The predicted octanol–water partition coefficient (Wildman–Crippen LogP) is 4.42. The summed E-state index contributed by atoms with van der Waals surface area (Å²) in [6.07, 6.45) is 7.45. The van der Waals surface area contributed by atoms with Gasteiger partial charge in [0.15, 0.2) is 5.69 Å². The van der Waals surface area contributed by atoms with Crippen molar-refractivity contribution in [2.75, 3.05) is 23.3 Å². The highest BCUT2D eigenvalue weighted by Gasteiger charge is 2.22. The van der Waals surface area contributed by atoms with Crippen molar-refractivity contribution in [3.8, 4) is 11.5 Å². The summed E-state index contributed by atoms with van der Waals surface area (Å²) < 4.78 is 7.36. The summed E-state index contributed by atoms with van der Waals surface area (Å²) in [7, 11) is 1.90. The molecular formula is C24H26N6O2. The van der Waals surface area contributed by atoms with Crippen LogP contribution in [0.3, 0.4) is 0 Å². The molecule has 0 saturated carbocycles. The van der Waals surface area contributed by atoms with Crippen LogP contribution in [0.25, 0.3) is 22.4 Å². The smallest absolute Gasteiger partial charge is 0.277 e. The van der Waals surface area contributed by atoms with Crippen LogP contribution in [0.1, 0.15) is 35.9 Å². The van der Waals surface area contributed by atoms with E-state index in [1.165, 1.54) is 12.7 Å². The maximum atomic E-state index is 13.1. The van der Waals surface area contributed by atoms with Crippen molar-refractivity contribution in [3.63, 3.8) is 0 Å². The fourth-order valence-corrected chi connectivity index (χ4v) is 4.33. The lowest BCUT2D eigenvalue weighted by Gasteiger charge is -2.34. The van der Waals surface area contributed by atoms with Gasteiger partial charge in [0.2, 0.25) is 5.89 Å². The minimum absolute atomic E-state index is 0.230. The van der Waals surface area contributed by atoms with Gasteiger partial charge in [-0.15, -0.1) is 0 Å². The van der Waals surface area contributed by atoms with Crippen molar-refractivity contribution in [1.29, 1.82) is 0 Å². The van der Waals surface area contributed by atoms with Crippen LogP contribution < -0.4 is 10.2 Å². The molecule has 164 valence electrons. The number of hydrogen-bond donors (Lipinski definition) is 1. The standard InChI is InChI=1S/C24H26N6O2/c1-15-5-4-8-30(12-15)22-10-18-13-29(3)28-19(18)11-20(22)26-23(31)21-14-32-24(27-21)17-6-7-25-16(2)9-17/h6-7,9-11,13-15H,4-5,8,12H2,1-3H3,(H,26,31). The Bertz CT molecular complexity index is 1290. The molecule has 1 amide bonds. The van der Waals surface area contributed by atoms with E-state index in [1.807, 2.05) is 38.4 Å². The van der Waals surface area contributed by atoms with Gasteiger partial charge in [0.05, 0.1) is 16.9 Å². The summed E-state index contributed by atoms with van der Waals surface area (Å²) >= 11 is 0. The zero-order valence-electron chi connectivity index (χ0n) is 18.5. The SMILES string of the molecule is Cc1cc(-c2nc(C(=O)Nc3cc4nn(C)cc4cc3N3CCCC(C)C3)co2)ccn1. The van der Waals surface area contributed by atoms with Gasteiger partial charge in [-0.25, -0.2) is 4.98 Å². The van der Waals surface area contributed by atoms with Crippen LogP contribution in [0.4, 0.5) is 11.4 Å². The number of nitrogens with one attached hydrogen (secondary N) is 1. The number of aromatic nitrogens is 4. The van der Waals surface area contributed by atoms with Gasteiger partial charge in [-0.2, -0.15) is 5.10 Å². The van der Waals surface area contributed by atoms with Crippen molar-refractivity contribution >= 4 is 28.2 Å². The van der Waals surface area contributed by atoms with E-state index in [4.69, 9.17) is 4.42 Å². The number of carbonyl (C=O) groups is 1. The van der Waals surface area contributed by atoms with E-state index in [0.717, 1.165) is 53.0 Å². The molecule has 1 fully saturated rings. The minimum atomic E-state index is -0.313. The van der Waals surface area contributed by atoms with Gasteiger partial charge in [-0.05, 0) is 49.9 Å². The first-order valence-corrected chi connectivity index (χ1v) is 10.9. The molecule has 0 bridgehead atoms. The molecule has 0 radical (unpaired) electrons. The number of piperidine rings is 1. The van der Waals surface area contributed by atoms with Crippen molar-refractivity contribution < 1.29 is 9.21 Å². The Labute approximate surface area is 186 Å². The molecular weight excluding hydrogens is 404 g/mol. The molecule has 8 nitrogen and oxygen atoms in total. The average Bonchev–Trinajstić information content (AvgIpc) is 3.39. The highest BCUT2D eigenvalue weighted by Crippen LogP contribution is 2.34. The summed E-state index contributed by atoms with van der Waals surface area (Å²) in [6.45, 7) is 6.10. The number of amides is 1.